The summed E-state index contributed by atoms with van der Waals surface area (Å²) in [5, 5.41) is 36.9. The van der Waals surface area contributed by atoms with Gasteiger partial charge in [-0.3, -0.25) is 0 Å². The number of hydrogen-bond acceptors (Lipinski definition) is 4. The highest BCUT2D eigenvalue weighted by atomic mass is 16.3. The molecule has 0 heterocycles. The smallest absolute Gasteiger partial charge is 0.0616 e. The highest BCUT2D eigenvalue weighted by Gasteiger charge is 2.18. The second kappa shape index (κ2) is 11.5. The van der Waals surface area contributed by atoms with E-state index in [-0.39, 0.29) is 18.1 Å². The monoisotopic (exact) mass is 292 g/mol. The van der Waals surface area contributed by atoms with Crippen LogP contribution in [0, 0.1) is 5.92 Å². The van der Waals surface area contributed by atoms with E-state index in [1.807, 2.05) is 20.8 Å². The van der Waals surface area contributed by atoms with Crippen LogP contribution in [-0.4, -0.2) is 44.3 Å². The fraction of sp³-hybridized carbons (Fsp3) is 1.00. The molecule has 0 radical (unpaired) electrons. The topological polar surface area (TPSA) is 80.9 Å². The number of hydrogen-bond donors (Lipinski definition) is 4. The second-order valence-corrected chi connectivity index (χ2v) is 6.41. The SMILES string of the molecule is CCCC(O)C(C)C(C)O.CCCC(O)CC(C)(C)O. The van der Waals surface area contributed by atoms with Gasteiger partial charge in [0.2, 0.25) is 0 Å². The Labute approximate surface area is 124 Å². The lowest BCUT2D eigenvalue weighted by atomic mass is 9.96. The van der Waals surface area contributed by atoms with Gasteiger partial charge in [0, 0.05) is 12.3 Å². The summed E-state index contributed by atoms with van der Waals surface area (Å²) in [4.78, 5) is 0. The van der Waals surface area contributed by atoms with Gasteiger partial charge in [0.25, 0.3) is 0 Å². The Kier molecular flexibility index (Phi) is 12.7. The van der Waals surface area contributed by atoms with E-state index in [0.29, 0.717) is 6.42 Å². The van der Waals surface area contributed by atoms with E-state index < -0.39 is 11.7 Å². The largest absolute Gasteiger partial charge is 0.393 e. The molecule has 4 N–H and O–H groups in total. The average molecular weight is 292 g/mol. The third-order valence-corrected chi connectivity index (χ3v) is 3.31. The van der Waals surface area contributed by atoms with Crippen LogP contribution in [0.2, 0.25) is 0 Å². The molecule has 0 spiro atoms. The van der Waals surface area contributed by atoms with Crippen molar-refractivity contribution in [2.75, 3.05) is 0 Å². The van der Waals surface area contributed by atoms with Crippen LogP contribution in [0.3, 0.4) is 0 Å². The van der Waals surface area contributed by atoms with Gasteiger partial charge in [-0.25, -0.2) is 0 Å². The lowest BCUT2D eigenvalue weighted by Gasteiger charge is -2.20. The van der Waals surface area contributed by atoms with E-state index in [4.69, 9.17) is 5.11 Å². The van der Waals surface area contributed by atoms with Crippen LogP contribution in [-0.2, 0) is 0 Å². The van der Waals surface area contributed by atoms with Crippen LogP contribution in [0.25, 0.3) is 0 Å². The minimum Gasteiger partial charge on any atom is -0.393 e. The van der Waals surface area contributed by atoms with E-state index in [2.05, 4.69) is 0 Å². The van der Waals surface area contributed by atoms with Crippen LogP contribution in [0.15, 0.2) is 0 Å². The van der Waals surface area contributed by atoms with Gasteiger partial charge in [-0.2, -0.15) is 0 Å². The first-order valence-corrected chi connectivity index (χ1v) is 7.81. The van der Waals surface area contributed by atoms with E-state index >= 15 is 0 Å². The van der Waals surface area contributed by atoms with Crippen molar-refractivity contribution in [1.29, 1.82) is 0 Å². The first kappa shape index (κ1) is 22.1. The van der Waals surface area contributed by atoms with Crippen LogP contribution < -0.4 is 0 Å². The molecule has 4 nitrogen and oxygen atoms in total. The van der Waals surface area contributed by atoms with Gasteiger partial charge < -0.3 is 20.4 Å². The summed E-state index contributed by atoms with van der Waals surface area (Å²) in [6, 6.07) is 0. The Balaban J connectivity index is 0. The third-order valence-electron chi connectivity index (χ3n) is 3.31. The highest BCUT2D eigenvalue weighted by Crippen LogP contribution is 2.13. The number of aliphatic hydroxyl groups excluding tert-OH is 3. The van der Waals surface area contributed by atoms with Crippen LogP contribution in [0.5, 0.6) is 0 Å². The molecule has 0 aromatic carbocycles. The van der Waals surface area contributed by atoms with Crippen LogP contribution in [0.1, 0.15) is 73.6 Å². The van der Waals surface area contributed by atoms with Gasteiger partial charge >= 0.3 is 0 Å². The van der Waals surface area contributed by atoms with Gasteiger partial charge in [-0.05, 0) is 33.6 Å². The fourth-order valence-electron chi connectivity index (χ4n) is 1.89. The Morgan fingerprint density at radius 1 is 0.900 bits per heavy atom. The molecule has 0 aliphatic carbocycles. The molecule has 0 bridgehead atoms. The highest BCUT2D eigenvalue weighted by molar-refractivity contribution is 4.70. The normalized spacial score (nSPS) is 17.7. The third kappa shape index (κ3) is 14.3. The van der Waals surface area contributed by atoms with Crippen molar-refractivity contribution in [3.05, 3.63) is 0 Å². The predicted molar refractivity (Wildman–Crippen MR) is 83.6 cm³/mol. The van der Waals surface area contributed by atoms with Crippen molar-refractivity contribution in [3.8, 4) is 0 Å². The molecular formula is C16H36O4. The van der Waals surface area contributed by atoms with Gasteiger partial charge in [0.05, 0.1) is 23.9 Å². The molecule has 0 aliphatic heterocycles. The first-order valence-electron chi connectivity index (χ1n) is 7.81. The Morgan fingerprint density at radius 3 is 1.65 bits per heavy atom. The summed E-state index contributed by atoms with van der Waals surface area (Å²) < 4.78 is 0. The zero-order valence-corrected chi connectivity index (χ0v) is 14.1. The summed E-state index contributed by atoms with van der Waals surface area (Å²) >= 11 is 0. The van der Waals surface area contributed by atoms with E-state index in [1.54, 1.807) is 20.8 Å². The van der Waals surface area contributed by atoms with Crippen LogP contribution in [0.4, 0.5) is 0 Å². The van der Waals surface area contributed by atoms with Crippen molar-refractivity contribution >= 4 is 0 Å². The number of rotatable bonds is 8. The van der Waals surface area contributed by atoms with Crippen LogP contribution >= 0.6 is 0 Å². The minimum atomic E-state index is -0.728. The summed E-state index contributed by atoms with van der Waals surface area (Å²) in [6.45, 7) is 11.1. The van der Waals surface area contributed by atoms with E-state index in [1.165, 1.54) is 0 Å². The fourth-order valence-corrected chi connectivity index (χ4v) is 1.89. The lowest BCUT2D eigenvalue weighted by molar-refractivity contribution is 0.0156. The van der Waals surface area contributed by atoms with Gasteiger partial charge in [-0.1, -0.05) is 33.6 Å². The zero-order valence-electron chi connectivity index (χ0n) is 14.1. The molecular weight excluding hydrogens is 256 g/mol. The maximum Gasteiger partial charge on any atom is 0.0616 e. The molecule has 0 amide bonds. The molecule has 124 valence electrons. The van der Waals surface area contributed by atoms with Crippen molar-refractivity contribution < 1.29 is 20.4 Å². The number of aliphatic hydroxyl groups is 4. The molecule has 0 fully saturated rings. The molecule has 0 aromatic heterocycles. The van der Waals surface area contributed by atoms with E-state index in [0.717, 1.165) is 25.7 Å². The molecule has 4 heteroatoms. The molecule has 4 atom stereocenters. The summed E-state index contributed by atoms with van der Waals surface area (Å²) in [5.41, 5.74) is -0.728. The van der Waals surface area contributed by atoms with E-state index in [9.17, 15) is 15.3 Å². The standard InChI is InChI=1S/2C8H18O2/c1-4-5-7(9)6-8(2,3)10;1-4-5-8(10)6(2)7(3)9/h7,9-10H,4-6H2,1-3H3;6-10H,4-5H2,1-3H3. The predicted octanol–water partition coefficient (Wildman–Crippen LogP) is 2.47. The van der Waals surface area contributed by atoms with Crippen molar-refractivity contribution in [3.63, 3.8) is 0 Å². The Bertz CT molecular complexity index is 211. The molecule has 4 unspecified atom stereocenters. The summed E-state index contributed by atoms with van der Waals surface area (Å²) in [5.74, 6) is -0.0000463. The molecule has 0 aromatic rings. The Morgan fingerprint density at radius 2 is 1.35 bits per heavy atom. The average Bonchev–Trinajstić information content (AvgIpc) is 2.26. The summed E-state index contributed by atoms with van der Waals surface area (Å²) in [7, 11) is 0. The Hall–Kier alpha value is -0.160. The quantitative estimate of drug-likeness (QED) is 0.554. The first-order chi connectivity index (χ1) is 9.05. The van der Waals surface area contributed by atoms with Crippen molar-refractivity contribution in [1.82, 2.24) is 0 Å². The van der Waals surface area contributed by atoms with Gasteiger partial charge in [-0.15, -0.1) is 0 Å². The van der Waals surface area contributed by atoms with Crippen molar-refractivity contribution in [2.24, 2.45) is 5.92 Å². The van der Waals surface area contributed by atoms with Gasteiger partial charge in [0.1, 0.15) is 0 Å². The minimum absolute atomic E-state index is 0.0000463. The van der Waals surface area contributed by atoms with Crippen molar-refractivity contribution in [2.45, 2.75) is 97.6 Å². The summed E-state index contributed by atoms with van der Waals surface area (Å²) in [6.07, 6.45) is 2.89. The zero-order chi connectivity index (χ0) is 16.3. The molecule has 20 heavy (non-hydrogen) atoms. The molecule has 0 saturated carbocycles. The molecule has 0 aliphatic rings. The lowest BCUT2D eigenvalue weighted by Crippen LogP contribution is -2.26. The maximum atomic E-state index is 9.33. The molecule has 0 rings (SSSR count). The molecule has 0 saturated heterocycles. The maximum absolute atomic E-state index is 9.33. The second-order valence-electron chi connectivity index (χ2n) is 6.41. The van der Waals surface area contributed by atoms with Gasteiger partial charge in [0.15, 0.2) is 0 Å².